The Morgan fingerprint density at radius 3 is 1.80 bits per heavy atom. The van der Waals surface area contributed by atoms with Gasteiger partial charge in [-0.2, -0.15) is 0 Å². The molecule has 176 valence electrons. The maximum atomic E-state index is 12.1. The van der Waals surface area contributed by atoms with Crippen LogP contribution in [-0.2, 0) is 14.3 Å². The number of hydrogen-bond donors (Lipinski definition) is 0. The summed E-state index contributed by atoms with van der Waals surface area (Å²) < 4.78 is 9.89. The molecule has 0 fully saturated rings. The Morgan fingerprint density at radius 2 is 1.23 bits per heavy atom. The normalized spacial score (nSPS) is 11.5. The molecule has 0 radical (unpaired) electrons. The van der Waals surface area contributed by atoms with Crippen molar-refractivity contribution in [2.75, 3.05) is 7.11 Å². The summed E-state index contributed by atoms with van der Waals surface area (Å²) in [7, 11) is 1.15. The van der Waals surface area contributed by atoms with E-state index in [2.05, 4.69) is 61.0 Å². The van der Waals surface area contributed by atoms with Crippen molar-refractivity contribution >= 4 is 11.9 Å². The third-order valence-corrected chi connectivity index (χ3v) is 6.23. The van der Waals surface area contributed by atoms with E-state index in [1.807, 2.05) is 48.5 Å². The van der Waals surface area contributed by atoms with Crippen LogP contribution < -0.4 is 4.74 Å². The van der Waals surface area contributed by atoms with Crippen LogP contribution in [-0.4, -0.2) is 19.0 Å². The van der Waals surface area contributed by atoms with Crippen molar-refractivity contribution in [1.29, 1.82) is 0 Å². The average Bonchev–Trinajstić information content (AvgIpc) is 2.93. The summed E-state index contributed by atoms with van der Waals surface area (Å²) in [6.45, 7) is 4.45. The number of hydrogen-bond acceptors (Lipinski definition) is 4. The summed E-state index contributed by atoms with van der Waals surface area (Å²) >= 11 is 0. The topological polar surface area (TPSA) is 52.6 Å². The number of ether oxygens (including phenoxy) is 2. The summed E-state index contributed by atoms with van der Waals surface area (Å²) in [6, 6.07) is 32.2. The van der Waals surface area contributed by atoms with Crippen molar-refractivity contribution in [2.45, 2.75) is 26.2 Å². The molecule has 35 heavy (non-hydrogen) atoms. The second kappa shape index (κ2) is 10.8. The smallest absolute Gasteiger partial charge is 0.422 e. The quantitative estimate of drug-likeness (QED) is 0.171. The molecule has 4 aromatic rings. The number of rotatable bonds is 6. The summed E-state index contributed by atoms with van der Waals surface area (Å²) in [5, 5.41) is 0. The van der Waals surface area contributed by atoms with Crippen LogP contribution in [0.5, 0.6) is 5.75 Å². The minimum Gasteiger partial charge on any atom is -0.461 e. The first-order chi connectivity index (χ1) is 17.0. The van der Waals surface area contributed by atoms with Gasteiger partial charge in [0, 0.05) is 5.56 Å². The Hall–Kier alpha value is -4.18. The molecule has 1 atom stereocenters. The highest BCUT2D eigenvalue weighted by Gasteiger charge is 2.20. The maximum Gasteiger partial charge on any atom is 0.422 e. The predicted molar refractivity (Wildman–Crippen MR) is 139 cm³/mol. The standard InChI is InChI=1S/C31H28O4/c1-4-21(2)26-17-15-24(19-27(26)22-11-7-5-8-12-22)25-16-18-29(35-31(33)30(32)34-3)28(20-25)23-13-9-6-10-14-23/h5-21H,4H2,1-3H3. The van der Waals surface area contributed by atoms with Crippen LogP contribution in [0.3, 0.4) is 0 Å². The zero-order valence-corrected chi connectivity index (χ0v) is 20.2. The van der Waals surface area contributed by atoms with Crippen molar-refractivity contribution in [3.63, 3.8) is 0 Å². The third kappa shape index (κ3) is 5.33. The lowest BCUT2D eigenvalue weighted by atomic mass is 9.87. The molecule has 0 N–H and O–H groups in total. The lowest BCUT2D eigenvalue weighted by Gasteiger charge is -2.18. The van der Waals surface area contributed by atoms with Crippen molar-refractivity contribution in [1.82, 2.24) is 0 Å². The second-order valence-electron chi connectivity index (χ2n) is 8.44. The van der Waals surface area contributed by atoms with Gasteiger partial charge < -0.3 is 9.47 Å². The molecular weight excluding hydrogens is 436 g/mol. The monoisotopic (exact) mass is 464 g/mol. The molecular formula is C31H28O4. The SMILES string of the molecule is CCC(C)c1ccc(-c2ccc(OC(=O)C(=O)OC)c(-c3ccccc3)c2)cc1-c1ccccc1. The number of methoxy groups -OCH3 is 1. The first-order valence-electron chi connectivity index (χ1n) is 11.7. The Morgan fingerprint density at radius 1 is 0.686 bits per heavy atom. The Balaban J connectivity index is 1.83. The Kier molecular flexibility index (Phi) is 7.41. The third-order valence-electron chi connectivity index (χ3n) is 6.23. The largest absolute Gasteiger partial charge is 0.461 e. The molecule has 0 heterocycles. The second-order valence-corrected chi connectivity index (χ2v) is 8.44. The van der Waals surface area contributed by atoms with Crippen molar-refractivity contribution in [3.8, 4) is 39.1 Å². The predicted octanol–water partition coefficient (Wildman–Crippen LogP) is 7.28. The van der Waals surface area contributed by atoms with E-state index in [4.69, 9.17) is 4.74 Å². The molecule has 0 aromatic heterocycles. The van der Waals surface area contributed by atoms with E-state index in [1.54, 1.807) is 6.07 Å². The van der Waals surface area contributed by atoms with Crippen molar-refractivity contribution in [2.24, 2.45) is 0 Å². The van der Waals surface area contributed by atoms with E-state index in [9.17, 15) is 9.59 Å². The van der Waals surface area contributed by atoms with Gasteiger partial charge in [0.15, 0.2) is 0 Å². The number of carbonyl (C=O) groups excluding carboxylic acids is 2. The van der Waals surface area contributed by atoms with E-state index in [0.29, 0.717) is 17.2 Å². The molecule has 0 aliphatic carbocycles. The first kappa shape index (κ1) is 24.0. The van der Waals surface area contributed by atoms with Gasteiger partial charge in [0.2, 0.25) is 0 Å². The van der Waals surface area contributed by atoms with E-state index in [0.717, 1.165) is 30.2 Å². The molecule has 0 saturated carbocycles. The molecule has 4 heteroatoms. The summed E-state index contributed by atoms with van der Waals surface area (Å²) in [4.78, 5) is 23.8. The van der Waals surface area contributed by atoms with E-state index in [-0.39, 0.29) is 0 Å². The van der Waals surface area contributed by atoms with Gasteiger partial charge in [-0.15, -0.1) is 0 Å². The van der Waals surface area contributed by atoms with Gasteiger partial charge in [-0.1, -0.05) is 92.7 Å². The highest BCUT2D eigenvalue weighted by molar-refractivity contribution is 6.30. The molecule has 4 aromatic carbocycles. The molecule has 4 rings (SSSR count). The number of esters is 2. The Labute approximate surface area is 206 Å². The number of benzene rings is 4. The van der Waals surface area contributed by atoms with Crippen LogP contribution in [0.15, 0.2) is 97.1 Å². The van der Waals surface area contributed by atoms with Gasteiger partial charge in [-0.05, 0) is 63.9 Å². The highest BCUT2D eigenvalue weighted by Crippen LogP contribution is 2.38. The van der Waals surface area contributed by atoms with Crippen LogP contribution in [0.1, 0.15) is 31.7 Å². The van der Waals surface area contributed by atoms with E-state index in [1.165, 1.54) is 16.7 Å². The highest BCUT2D eigenvalue weighted by atomic mass is 16.6. The minimum atomic E-state index is -1.05. The van der Waals surface area contributed by atoms with Crippen LogP contribution in [0.25, 0.3) is 33.4 Å². The molecule has 0 bridgehead atoms. The lowest BCUT2D eigenvalue weighted by molar-refractivity contribution is -0.160. The maximum absolute atomic E-state index is 12.1. The van der Waals surface area contributed by atoms with Gasteiger partial charge in [0.1, 0.15) is 5.75 Å². The van der Waals surface area contributed by atoms with Crippen molar-refractivity contribution in [3.05, 3.63) is 103 Å². The zero-order valence-electron chi connectivity index (χ0n) is 20.2. The molecule has 0 saturated heterocycles. The van der Waals surface area contributed by atoms with E-state index < -0.39 is 11.9 Å². The summed E-state index contributed by atoms with van der Waals surface area (Å²) in [5.74, 6) is -1.36. The van der Waals surface area contributed by atoms with Gasteiger partial charge in [0.25, 0.3) is 0 Å². The lowest BCUT2D eigenvalue weighted by Crippen LogP contribution is -2.21. The summed E-state index contributed by atoms with van der Waals surface area (Å²) in [5.41, 5.74) is 7.33. The van der Waals surface area contributed by atoms with Crippen LogP contribution in [0.2, 0.25) is 0 Å². The average molecular weight is 465 g/mol. The van der Waals surface area contributed by atoms with Crippen molar-refractivity contribution < 1.29 is 19.1 Å². The van der Waals surface area contributed by atoms with Gasteiger partial charge in [0.05, 0.1) is 7.11 Å². The fourth-order valence-electron chi connectivity index (χ4n) is 4.12. The van der Waals surface area contributed by atoms with E-state index >= 15 is 0 Å². The molecule has 0 spiro atoms. The molecule has 0 aliphatic rings. The summed E-state index contributed by atoms with van der Waals surface area (Å²) in [6.07, 6.45) is 1.05. The van der Waals surface area contributed by atoms with Gasteiger partial charge in [-0.3, -0.25) is 0 Å². The first-order valence-corrected chi connectivity index (χ1v) is 11.7. The molecule has 4 nitrogen and oxygen atoms in total. The zero-order chi connectivity index (χ0) is 24.8. The van der Waals surface area contributed by atoms with Crippen LogP contribution in [0.4, 0.5) is 0 Å². The van der Waals surface area contributed by atoms with Gasteiger partial charge >= 0.3 is 11.9 Å². The number of carbonyl (C=O) groups is 2. The van der Waals surface area contributed by atoms with Crippen LogP contribution >= 0.6 is 0 Å². The van der Waals surface area contributed by atoms with Crippen LogP contribution in [0, 0.1) is 0 Å². The molecule has 1 unspecified atom stereocenters. The molecule has 0 amide bonds. The molecule has 0 aliphatic heterocycles. The fraction of sp³-hybridized carbons (Fsp3) is 0.161. The fourth-order valence-corrected chi connectivity index (χ4v) is 4.12. The van der Waals surface area contributed by atoms with Gasteiger partial charge in [-0.25, -0.2) is 9.59 Å². The minimum absolute atomic E-state index is 0.301. The Bertz CT molecular complexity index is 1330.